The smallest absolute Gasteiger partial charge is 0.224 e. The number of nitrogens with zero attached hydrogens (tertiary/aromatic N) is 1. The minimum atomic E-state index is 0. The summed E-state index contributed by atoms with van der Waals surface area (Å²) in [5.74, 6) is 1.76. The second-order valence-electron chi connectivity index (χ2n) is 7.63. The van der Waals surface area contributed by atoms with E-state index in [4.69, 9.17) is 4.74 Å². The molecule has 1 aromatic carbocycles. The van der Waals surface area contributed by atoms with Gasteiger partial charge in [0.2, 0.25) is 5.91 Å². The largest absolute Gasteiger partial charge is 0.492 e. The number of nitrogens with one attached hydrogen (secondary N) is 3. The number of hydrogen-bond donors (Lipinski definition) is 3. The second kappa shape index (κ2) is 10.9. The van der Waals surface area contributed by atoms with Gasteiger partial charge in [-0.25, -0.2) is 0 Å². The molecule has 0 spiro atoms. The van der Waals surface area contributed by atoms with Gasteiger partial charge in [-0.15, -0.1) is 24.0 Å². The molecule has 0 aromatic heterocycles. The Balaban J connectivity index is 0.00000280. The fraction of sp³-hybridized carbons (Fsp3) is 0.619. The summed E-state index contributed by atoms with van der Waals surface area (Å²) in [4.78, 5) is 15.7. The van der Waals surface area contributed by atoms with E-state index >= 15 is 0 Å². The molecule has 3 N–H and O–H groups in total. The van der Waals surface area contributed by atoms with E-state index < -0.39 is 0 Å². The topological polar surface area (TPSA) is 74.8 Å². The fourth-order valence-corrected chi connectivity index (χ4v) is 4.06. The van der Waals surface area contributed by atoms with Crippen molar-refractivity contribution >= 4 is 41.5 Å². The molecule has 1 heterocycles. The van der Waals surface area contributed by atoms with Crippen molar-refractivity contribution in [1.29, 1.82) is 0 Å². The summed E-state index contributed by atoms with van der Waals surface area (Å²) in [7, 11) is 1.81. The number of carbonyl (C=O) groups is 1. The van der Waals surface area contributed by atoms with Crippen molar-refractivity contribution in [3.8, 4) is 5.75 Å². The van der Waals surface area contributed by atoms with Crippen LogP contribution in [0, 0.1) is 5.41 Å². The Morgan fingerprint density at radius 3 is 2.75 bits per heavy atom. The molecule has 1 saturated carbocycles. The van der Waals surface area contributed by atoms with E-state index in [1.54, 1.807) is 7.05 Å². The molecule has 1 aliphatic carbocycles. The molecule has 0 unspecified atom stereocenters. The third kappa shape index (κ3) is 5.99. The van der Waals surface area contributed by atoms with Crippen LogP contribution in [0.2, 0.25) is 0 Å². The number of guanidine groups is 1. The van der Waals surface area contributed by atoms with Gasteiger partial charge in [-0.05, 0) is 54.9 Å². The van der Waals surface area contributed by atoms with Gasteiger partial charge in [0.05, 0.1) is 6.54 Å². The number of benzene rings is 1. The van der Waals surface area contributed by atoms with Crippen LogP contribution in [0.4, 0.5) is 5.69 Å². The number of fused-ring (bicyclic) bond motifs is 1. The maximum atomic E-state index is 11.4. The van der Waals surface area contributed by atoms with Gasteiger partial charge in [0.15, 0.2) is 5.96 Å². The highest BCUT2D eigenvalue weighted by atomic mass is 127. The average molecular weight is 500 g/mol. The van der Waals surface area contributed by atoms with Gasteiger partial charge in [-0.3, -0.25) is 9.79 Å². The number of aryl methyl sites for hydroxylation is 1. The molecule has 28 heavy (non-hydrogen) atoms. The summed E-state index contributed by atoms with van der Waals surface area (Å²) in [6.45, 7) is 4.53. The minimum absolute atomic E-state index is 0. The van der Waals surface area contributed by atoms with E-state index in [1.165, 1.54) is 32.1 Å². The third-order valence-electron chi connectivity index (χ3n) is 5.90. The highest BCUT2D eigenvalue weighted by Gasteiger charge is 2.31. The molecule has 0 atom stereocenters. The normalized spacial score (nSPS) is 17.9. The van der Waals surface area contributed by atoms with E-state index in [0.717, 1.165) is 35.9 Å². The monoisotopic (exact) mass is 500 g/mol. The van der Waals surface area contributed by atoms with Crippen LogP contribution in [0.5, 0.6) is 5.75 Å². The molecule has 7 heteroatoms. The quantitative estimate of drug-likeness (QED) is 0.231. The molecule has 1 aromatic rings. The van der Waals surface area contributed by atoms with Crippen molar-refractivity contribution in [2.75, 3.05) is 32.1 Å². The molecule has 0 radical (unpaired) electrons. The van der Waals surface area contributed by atoms with Gasteiger partial charge in [-0.2, -0.15) is 0 Å². The minimum Gasteiger partial charge on any atom is -0.492 e. The predicted molar refractivity (Wildman–Crippen MR) is 125 cm³/mol. The molecule has 6 nitrogen and oxygen atoms in total. The third-order valence-corrected chi connectivity index (χ3v) is 5.90. The molecule has 3 rings (SSSR count). The molecule has 1 amide bonds. The van der Waals surface area contributed by atoms with E-state index in [9.17, 15) is 4.79 Å². The van der Waals surface area contributed by atoms with E-state index in [1.807, 2.05) is 18.2 Å². The lowest BCUT2D eigenvalue weighted by atomic mass is 9.83. The van der Waals surface area contributed by atoms with Crippen molar-refractivity contribution in [3.05, 3.63) is 23.8 Å². The predicted octanol–water partition coefficient (Wildman–Crippen LogP) is 3.70. The van der Waals surface area contributed by atoms with Crippen LogP contribution in [0.1, 0.15) is 51.0 Å². The Morgan fingerprint density at radius 2 is 2.04 bits per heavy atom. The highest BCUT2D eigenvalue weighted by Crippen LogP contribution is 2.40. The Hall–Kier alpha value is -1.51. The summed E-state index contributed by atoms with van der Waals surface area (Å²) in [6, 6.07) is 5.84. The SMILES string of the molecule is CCC1(CNC(=NC)NCCOc2ccc3c(c2)CCC(=O)N3)CCCC1.I. The summed E-state index contributed by atoms with van der Waals surface area (Å²) >= 11 is 0. The lowest BCUT2D eigenvalue weighted by Gasteiger charge is -2.28. The Bertz CT molecular complexity index is 687. The van der Waals surface area contributed by atoms with Crippen molar-refractivity contribution in [1.82, 2.24) is 10.6 Å². The Morgan fingerprint density at radius 1 is 1.25 bits per heavy atom. The lowest BCUT2D eigenvalue weighted by Crippen LogP contribution is -2.44. The van der Waals surface area contributed by atoms with Crippen molar-refractivity contribution in [3.63, 3.8) is 0 Å². The number of carbonyl (C=O) groups excluding carboxylic acids is 1. The number of rotatable bonds is 7. The second-order valence-corrected chi connectivity index (χ2v) is 7.63. The van der Waals surface area contributed by atoms with Gasteiger partial charge in [0.1, 0.15) is 12.4 Å². The van der Waals surface area contributed by atoms with Gasteiger partial charge >= 0.3 is 0 Å². The van der Waals surface area contributed by atoms with Crippen LogP contribution < -0.4 is 20.7 Å². The average Bonchev–Trinajstić information content (AvgIpc) is 3.17. The van der Waals surface area contributed by atoms with Crippen LogP contribution in [-0.4, -0.2) is 38.6 Å². The van der Waals surface area contributed by atoms with Crippen LogP contribution >= 0.6 is 24.0 Å². The van der Waals surface area contributed by atoms with E-state index in [0.29, 0.717) is 25.0 Å². The summed E-state index contributed by atoms with van der Waals surface area (Å²) < 4.78 is 5.85. The molecule has 2 aliphatic rings. The first-order valence-corrected chi connectivity index (χ1v) is 10.1. The van der Waals surface area contributed by atoms with Crippen LogP contribution in [0.3, 0.4) is 0 Å². The maximum absolute atomic E-state index is 11.4. The molecule has 0 saturated heterocycles. The number of halogens is 1. The zero-order valence-electron chi connectivity index (χ0n) is 17.0. The maximum Gasteiger partial charge on any atom is 0.224 e. The summed E-state index contributed by atoms with van der Waals surface area (Å²) in [5.41, 5.74) is 2.48. The van der Waals surface area contributed by atoms with Crippen molar-refractivity contribution < 1.29 is 9.53 Å². The van der Waals surface area contributed by atoms with Gasteiger partial charge in [-0.1, -0.05) is 19.8 Å². The molecule has 1 fully saturated rings. The Labute approximate surface area is 185 Å². The molecular weight excluding hydrogens is 467 g/mol. The zero-order chi connectivity index (χ0) is 19.1. The number of ether oxygens (including phenoxy) is 1. The first-order chi connectivity index (χ1) is 13.1. The van der Waals surface area contributed by atoms with E-state index in [-0.39, 0.29) is 29.9 Å². The molecule has 156 valence electrons. The number of aliphatic imine (C=N–C) groups is 1. The lowest BCUT2D eigenvalue weighted by molar-refractivity contribution is -0.116. The fourth-order valence-electron chi connectivity index (χ4n) is 4.06. The molecule has 1 aliphatic heterocycles. The van der Waals surface area contributed by atoms with Crippen molar-refractivity contribution in [2.24, 2.45) is 10.4 Å². The van der Waals surface area contributed by atoms with Gasteiger partial charge in [0.25, 0.3) is 0 Å². The van der Waals surface area contributed by atoms with Crippen LogP contribution in [0.25, 0.3) is 0 Å². The summed E-state index contributed by atoms with van der Waals surface area (Å²) in [5, 5.41) is 9.71. The van der Waals surface area contributed by atoms with Gasteiger partial charge in [0, 0.05) is 25.7 Å². The number of anilines is 1. The van der Waals surface area contributed by atoms with Crippen molar-refractivity contribution in [2.45, 2.75) is 51.9 Å². The highest BCUT2D eigenvalue weighted by molar-refractivity contribution is 14.0. The van der Waals surface area contributed by atoms with E-state index in [2.05, 4.69) is 27.9 Å². The molecule has 0 bridgehead atoms. The number of hydrogen-bond acceptors (Lipinski definition) is 3. The standard InChI is InChI=1S/C21H32N4O2.HI/c1-3-21(10-4-5-11-21)15-24-20(22-2)23-12-13-27-17-7-8-18-16(14-17)6-9-19(26)25-18;/h7-8,14H,3-6,9-13,15H2,1-2H3,(H,25,26)(H2,22,23,24);1H. The van der Waals surface area contributed by atoms with Crippen LogP contribution in [0.15, 0.2) is 23.2 Å². The first kappa shape index (κ1) is 22.8. The molecular formula is C21H33IN4O2. The number of amides is 1. The van der Waals surface area contributed by atoms with Crippen LogP contribution in [-0.2, 0) is 11.2 Å². The zero-order valence-corrected chi connectivity index (χ0v) is 19.3. The Kier molecular flexibility index (Phi) is 8.85. The van der Waals surface area contributed by atoms with Gasteiger partial charge < -0.3 is 20.7 Å². The summed E-state index contributed by atoms with van der Waals surface area (Å²) in [6.07, 6.45) is 7.86. The first-order valence-electron chi connectivity index (χ1n) is 10.1.